The number of para-hydroxylation sites is 1. The van der Waals surface area contributed by atoms with Crippen LogP contribution in [0.2, 0.25) is 0 Å². The monoisotopic (exact) mass is 596 g/mol. The second kappa shape index (κ2) is 10.2. The molecule has 0 unspecified atom stereocenters. The summed E-state index contributed by atoms with van der Waals surface area (Å²) in [5.74, 6) is 0. The summed E-state index contributed by atoms with van der Waals surface area (Å²) in [4.78, 5) is 0. The van der Waals surface area contributed by atoms with Crippen molar-refractivity contribution in [3.63, 3.8) is 0 Å². The van der Waals surface area contributed by atoms with Gasteiger partial charge in [-0.1, -0.05) is 164 Å². The van der Waals surface area contributed by atoms with Crippen molar-refractivity contribution in [2.75, 3.05) is 0 Å². The molecule has 0 saturated heterocycles. The van der Waals surface area contributed by atoms with Gasteiger partial charge in [-0.05, 0) is 71.4 Å². The second-order valence-corrected chi connectivity index (χ2v) is 12.4. The van der Waals surface area contributed by atoms with Crippen LogP contribution in [0.1, 0.15) is 0 Å². The summed E-state index contributed by atoms with van der Waals surface area (Å²) in [5.41, 5.74) is 9.04. The maximum absolute atomic E-state index is 6.81. The Morgan fingerprint density at radius 3 is 1.55 bits per heavy atom. The summed E-state index contributed by atoms with van der Waals surface area (Å²) in [6.07, 6.45) is 0. The second-order valence-electron chi connectivity index (χ2n) is 12.4. The Balaban J connectivity index is 1.32. The predicted molar refractivity (Wildman–Crippen MR) is 200 cm³/mol. The van der Waals surface area contributed by atoms with E-state index in [0.29, 0.717) is 0 Å². The third-order valence-electron chi connectivity index (χ3n) is 9.86. The molecule has 0 bridgehead atoms. The van der Waals surface area contributed by atoms with Gasteiger partial charge in [0.1, 0.15) is 11.2 Å². The lowest BCUT2D eigenvalue weighted by atomic mass is 9.84. The fraction of sp³-hybridized carbons (Fsp3) is 0. The molecule has 1 heterocycles. The van der Waals surface area contributed by atoms with E-state index in [1.54, 1.807) is 0 Å². The maximum Gasteiger partial charge on any atom is 0.143 e. The molecule has 0 radical (unpaired) electrons. The van der Waals surface area contributed by atoms with Crippen LogP contribution < -0.4 is 0 Å². The van der Waals surface area contributed by atoms with Gasteiger partial charge in [-0.2, -0.15) is 0 Å². The van der Waals surface area contributed by atoms with Gasteiger partial charge in [0.25, 0.3) is 0 Å². The molecule has 0 atom stereocenters. The SMILES string of the molecule is c1ccc(-c2cccc3oc4c(-c5c6ccccc6c(-c6cccc7c6ccc6ccccc67)c6ccccc56)cccc4c23)cc1. The van der Waals surface area contributed by atoms with E-state index in [1.807, 2.05) is 0 Å². The zero-order valence-corrected chi connectivity index (χ0v) is 25.6. The molecule has 0 amide bonds. The molecule has 10 rings (SSSR count). The average molecular weight is 597 g/mol. The van der Waals surface area contributed by atoms with Crippen LogP contribution in [-0.2, 0) is 0 Å². The van der Waals surface area contributed by atoms with Gasteiger partial charge in [0.05, 0.1) is 0 Å². The van der Waals surface area contributed by atoms with E-state index in [1.165, 1.54) is 70.9 Å². The lowest BCUT2D eigenvalue weighted by molar-refractivity contribution is 0.670. The Morgan fingerprint density at radius 2 is 0.830 bits per heavy atom. The molecule has 0 saturated carbocycles. The van der Waals surface area contributed by atoms with Gasteiger partial charge >= 0.3 is 0 Å². The van der Waals surface area contributed by atoms with E-state index in [-0.39, 0.29) is 0 Å². The number of fused-ring (bicyclic) bond motifs is 8. The first-order valence-electron chi connectivity index (χ1n) is 16.2. The number of benzene rings is 9. The number of rotatable bonds is 3. The van der Waals surface area contributed by atoms with E-state index in [2.05, 4.69) is 170 Å². The molecule has 10 aromatic rings. The van der Waals surface area contributed by atoms with Crippen LogP contribution in [-0.4, -0.2) is 0 Å². The first kappa shape index (κ1) is 26.1. The Labute approximate surface area is 271 Å². The molecule has 0 N–H and O–H groups in total. The fourth-order valence-electron chi connectivity index (χ4n) is 7.87. The molecule has 218 valence electrons. The van der Waals surface area contributed by atoms with E-state index >= 15 is 0 Å². The van der Waals surface area contributed by atoms with E-state index in [9.17, 15) is 0 Å². The van der Waals surface area contributed by atoms with E-state index in [0.717, 1.165) is 27.5 Å². The van der Waals surface area contributed by atoms with Crippen molar-refractivity contribution in [1.82, 2.24) is 0 Å². The summed E-state index contributed by atoms with van der Waals surface area (Å²) in [7, 11) is 0. The predicted octanol–water partition coefficient (Wildman–Crippen LogP) is 13.2. The van der Waals surface area contributed by atoms with Crippen LogP contribution in [0.3, 0.4) is 0 Å². The summed E-state index contributed by atoms with van der Waals surface area (Å²) >= 11 is 0. The minimum absolute atomic E-state index is 0.905. The lowest BCUT2D eigenvalue weighted by Gasteiger charge is -2.19. The van der Waals surface area contributed by atoms with Crippen LogP contribution in [0.5, 0.6) is 0 Å². The normalized spacial score (nSPS) is 11.8. The number of hydrogen-bond acceptors (Lipinski definition) is 1. The summed E-state index contributed by atoms with van der Waals surface area (Å²) in [6, 6.07) is 61.4. The number of hydrogen-bond donors (Lipinski definition) is 0. The highest BCUT2D eigenvalue weighted by Crippen LogP contribution is 2.48. The topological polar surface area (TPSA) is 13.1 Å². The van der Waals surface area contributed by atoms with Crippen molar-refractivity contribution in [3.05, 3.63) is 170 Å². The molecule has 9 aromatic carbocycles. The van der Waals surface area contributed by atoms with Gasteiger partial charge in [-0.15, -0.1) is 0 Å². The Bertz CT molecular complexity index is 2780. The highest BCUT2D eigenvalue weighted by molar-refractivity contribution is 6.27. The average Bonchev–Trinajstić information content (AvgIpc) is 3.53. The van der Waals surface area contributed by atoms with Crippen LogP contribution >= 0.6 is 0 Å². The van der Waals surface area contributed by atoms with Gasteiger partial charge in [-0.25, -0.2) is 0 Å². The first-order chi connectivity index (χ1) is 23.3. The molecular weight excluding hydrogens is 569 g/mol. The summed E-state index contributed by atoms with van der Waals surface area (Å²) in [5, 5.41) is 12.3. The van der Waals surface area contributed by atoms with Crippen molar-refractivity contribution < 1.29 is 4.42 Å². The molecule has 47 heavy (non-hydrogen) atoms. The van der Waals surface area contributed by atoms with Gasteiger partial charge in [0.15, 0.2) is 0 Å². The minimum Gasteiger partial charge on any atom is -0.455 e. The number of furan rings is 1. The first-order valence-corrected chi connectivity index (χ1v) is 16.2. The molecule has 1 heteroatoms. The van der Waals surface area contributed by atoms with Gasteiger partial charge in [0, 0.05) is 21.9 Å². The highest BCUT2D eigenvalue weighted by atomic mass is 16.3. The molecule has 0 aliphatic rings. The molecular formula is C46H28O. The van der Waals surface area contributed by atoms with Crippen molar-refractivity contribution in [3.8, 4) is 33.4 Å². The van der Waals surface area contributed by atoms with Gasteiger partial charge in [0.2, 0.25) is 0 Å². The van der Waals surface area contributed by atoms with Crippen LogP contribution in [0.4, 0.5) is 0 Å². The smallest absolute Gasteiger partial charge is 0.143 e. The zero-order valence-electron chi connectivity index (χ0n) is 25.6. The Morgan fingerprint density at radius 1 is 0.298 bits per heavy atom. The van der Waals surface area contributed by atoms with E-state index < -0.39 is 0 Å². The van der Waals surface area contributed by atoms with Crippen molar-refractivity contribution in [2.45, 2.75) is 0 Å². The Hall–Kier alpha value is -6.18. The van der Waals surface area contributed by atoms with Crippen molar-refractivity contribution in [1.29, 1.82) is 0 Å². The molecule has 0 aliphatic heterocycles. The maximum atomic E-state index is 6.81. The quantitative estimate of drug-likeness (QED) is 0.146. The highest BCUT2D eigenvalue weighted by Gasteiger charge is 2.22. The minimum atomic E-state index is 0.905. The lowest BCUT2D eigenvalue weighted by Crippen LogP contribution is -1.92. The van der Waals surface area contributed by atoms with Gasteiger partial charge in [-0.3, -0.25) is 0 Å². The summed E-state index contributed by atoms with van der Waals surface area (Å²) < 4.78 is 6.81. The standard InChI is InChI=1S/C46H28O/c1-2-13-29(14-3-1)32-21-12-26-42-45(32)41-25-11-24-40(46(41)47-42)44-38-19-8-6-17-36(38)43(37-18-7-9-20-39(37)44)35-23-10-22-33-31-16-5-4-15-30(31)27-28-34(33)35/h1-28H. The van der Waals surface area contributed by atoms with Crippen LogP contribution in [0, 0.1) is 0 Å². The van der Waals surface area contributed by atoms with Crippen molar-refractivity contribution in [2.24, 2.45) is 0 Å². The van der Waals surface area contributed by atoms with Gasteiger partial charge < -0.3 is 4.42 Å². The molecule has 1 aromatic heterocycles. The third-order valence-corrected chi connectivity index (χ3v) is 9.86. The van der Waals surface area contributed by atoms with Crippen LogP contribution in [0.15, 0.2) is 174 Å². The molecule has 0 spiro atoms. The summed E-state index contributed by atoms with van der Waals surface area (Å²) in [6.45, 7) is 0. The molecule has 0 aliphatic carbocycles. The van der Waals surface area contributed by atoms with Crippen molar-refractivity contribution >= 4 is 65.0 Å². The zero-order chi connectivity index (χ0) is 30.9. The molecule has 1 nitrogen and oxygen atoms in total. The largest absolute Gasteiger partial charge is 0.455 e. The third kappa shape index (κ3) is 3.84. The van der Waals surface area contributed by atoms with Crippen LogP contribution in [0.25, 0.3) is 98.4 Å². The Kier molecular flexibility index (Phi) is 5.64. The molecule has 0 fully saturated rings. The fourth-order valence-corrected chi connectivity index (χ4v) is 7.87. The van der Waals surface area contributed by atoms with E-state index in [4.69, 9.17) is 4.42 Å².